The first-order chi connectivity index (χ1) is 15.2. The van der Waals surface area contributed by atoms with Crippen molar-refractivity contribution in [2.24, 2.45) is 0 Å². The van der Waals surface area contributed by atoms with Crippen molar-refractivity contribution in [1.29, 1.82) is 0 Å². The summed E-state index contributed by atoms with van der Waals surface area (Å²) in [6, 6.07) is 11.4. The fourth-order valence-corrected chi connectivity index (χ4v) is 3.46. The number of hydrogen-bond donors (Lipinski definition) is 0. The first-order valence-corrected chi connectivity index (χ1v) is 10.7. The first kappa shape index (κ1) is 21.9. The lowest BCUT2D eigenvalue weighted by Gasteiger charge is -2.28. The third-order valence-corrected chi connectivity index (χ3v) is 5.06. The molecule has 32 heavy (non-hydrogen) atoms. The lowest BCUT2D eigenvalue weighted by molar-refractivity contribution is 0.0575. The molecular weight excluding hydrogens is 477 g/mol. The summed E-state index contributed by atoms with van der Waals surface area (Å²) < 4.78 is 21.4. The smallest absolute Gasteiger partial charge is 0.416 e. The molecule has 0 aliphatic rings. The van der Waals surface area contributed by atoms with Crippen LogP contribution < -0.4 is 4.90 Å². The molecule has 0 fully saturated rings. The fourth-order valence-electron chi connectivity index (χ4n) is 3.11. The van der Waals surface area contributed by atoms with Gasteiger partial charge < -0.3 is 4.74 Å². The number of fused-ring (bicyclic) bond motifs is 1. The molecule has 0 aliphatic heterocycles. The second-order valence-corrected chi connectivity index (χ2v) is 9.02. The maximum Gasteiger partial charge on any atom is 0.416 e. The third-order valence-electron chi connectivity index (χ3n) is 4.50. The third kappa shape index (κ3) is 4.77. The first-order valence-electron chi connectivity index (χ1n) is 9.91. The zero-order chi connectivity index (χ0) is 22.9. The molecule has 164 valence electrons. The van der Waals surface area contributed by atoms with Crippen molar-refractivity contribution in [3.05, 3.63) is 76.9 Å². The number of ether oxygens (including phenoxy) is 1. The molecule has 0 bridgehead atoms. The van der Waals surface area contributed by atoms with Crippen LogP contribution in [0.4, 0.5) is 15.0 Å². The highest BCUT2D eigenvalue weighted by Crippen LogP contribution is 2.29. The highest BCUT2D eigenvalue weighted by molar-refractivity contribution is 9.10. The van der Waals surface area contributed by atoms with Crippen LogP contribution in [0.5, 0.6) is 0 Å². The second kappa shape index (κ2) is 8.66. The van der Waals surface area contributed by atoms with Crippen molar-refractivity contribution in [3.8, 4) is 11.3 Å². The summed E-state index contributed by atoms with van der Waals surface area (Å²) in [5, 5.41) is 4.39. The Morgan fingerprint density at radius 1 is 1.19 bits per heavy atom. The maximum atomic E-state index is 13.5. The van der Waals surface area contributed by atoms with Crippen molar-refractivity contribution >= 4 is 33.5 Å². The van der Waals surface area contributed by atoms with Gasteiger partial charge in [0.25, 0.3) is 0 Å². The topological polar surface area (TPSA) is 72.6 Å². The molecule has 0 aliphatic carbocycles. The van der Waals surface area contributed by atoms with Crippen LogP contribution in [0.1, 0.15) is 26.3 Å². The second-order valence-electron chi connectivity index (χ2n) is 8.16. The molecule has 9 heteroatoms. The van der Waals surface area contributed by atoms with E-state index in [0.717, 1.165) is 5.56 Å². The van der Waals surface area contributed by atoms with Crippen LogP contribution in [-0.2, 0) is 11.3 Å². The van der Waals surface area contributed by atoms with Gasteiger partial charge in [0.1, 0.15) is 17.2 Å². The van der Waals surface area contributed by atoms with Crippen molar-refractivity contribution in [2.45, 2.75) is 32.9 Å². The Labute approximate surface area is 193 Å². The molecular formula is C23H21BrFN5O2. The number of pyridine rings is 1. The molecule has 3 heterocycles. The van der Waals surface area contributed by atoms with E-state index in [1.54, 1.807) is 47.4 Å². The van der Waals surface area contributed by atoms with Gasteiger partial charge in [0.2, 0.25) is 0 Å². The van der Waals surface area contributed by atoms with E-state index in [-0.39, 0.29) is 12.4 Å². The van der Waals surface area contributed by atoms with Gasteiger partial charge in [-0.1, -0.05) is 6.07 Å². The number of nitrogens with zero attached hydrogens (tertiary/aromatic N) is 5. The fraction of sp³-hybridized carbons (Fsp3) is 0.217. The molecule has 3 aromatic heterocycles. The van der Waals surface area contributed by atoms with Crippen molar-refractivity contribution < 1.29 is 13.9 Å². The predicted octanol–water partition coefficient (Wildman–Crippen LogP) is 5.63. The van der Waals surface area contributed by atoms with E-state index in [4.69, 9.17) is 4.74 Å². The van der Waals surface area contributed by atoms with E-state index in [0.29, 0.717) is 27.2 Å². The van der Waals surface area contributed by atoms with Gasteiger partial charge >= 0.3 is 6.09 Å². The summed E-state index contributed by atoms with van der Waals surface area (Å²) >= 11 is 3.47. The standard InChI is InChI=1S/C23H21BrFN5O2/c1-23(2,3)32-22(31)29(14-15-5-4-10-26-12-15)20-11-19(16-6-8-17(25)9-7-16)28-21-18(24)13-27-30(20)21/h4-13H,14H2,1-3H3. The van der Waals surface area contributed by atoms with Gasteiger partial charge in [-0.3, -0.25) is 9.88 Å². The minimum Gasteiger partial charge on any atom is -0.443 e. The minimum absolute atomic E-state index is 0.211. The number of anilines is 1. The summed E-state index contributed by atoms with van der Waals surface area (Å²) in [5.74, 6) is 0.116. The Hall–Kier alpha value is -3.33. The maximum absolute atomic E-state index is 13.5. The molecule has 0 N–H and O–H groups in total. The van der Waals surface area contributed by atoms with E-state index < -0.39 is 11.7 Å². The number of carbonyl (C=O) groups excluding carboxylic acids is 1. The lowest BCUT2D eigenvalue weighted by atomic mass is 10.1. The molecule has 4 rings (SSSR count). The molecule has 0 atom stereocenters. The average Bonchev–Trinajstić information content (AvgIpc) is 3.12. The molecule has 0 saturated carbocycles. The largest absolute Gasteiger partial charge is 0.443 e. The van der Waals surface area contributed by atoms with E-state index in [1.807, 2.05) is 26.8 Å². The molecule has 7 nitrogen and oxygen atoms in total. The SMILES string of the molecule is CC(C)(C)OC(=O)N(Cc1cccnc1)c1cc(-c2ccc(F)cc2)nc2c(Br)cnn12. The molecule has 0 spiro atoms. The summed E-state index contributed by atoms with van der Waals surface area (Å²) in [7, 11) is 0. The van der Waals surface area contributed by atoms with Crippen LogP contribution in [0.15, 0.2) is 65.5 Å². The van der Waals surface area contributed by atoms with E-state index in [2.05, 4.69) is 31.0 Å². The monoisotopic (exact) mass is 497 g/mol. The zero-order valence-corrected chi connectivity index (χ0v) is 19.4. The van der Waals surface area contributed by atoms with Gasteiger partial charge in [0.05, 0.1) is 22.9 Å². The Morgan fingerprint density at radius 3 is 2.59 bits per heavy atom. The van der Waals surface area contributed by atoms with Crippen molar-refractivity contribution in [1.82, 2.24) is 19.6 Å². The zero-order valence-electron chi connectivity index (χ0n) is 17.8. The number of amides is 1. The number of halogens is 2. The van der Waals surface area contributed by atoms with Crippen molar-refractivity contribution in [2.75, 3.05) is 4.90 Å². The summed E-state index contributed by atoms with van der Waals surface area (Å²) in [6.45, 7) is 5.64. The highest BCUT2D eigenvalue weighted by Gasteiger charge is 2.27. The Bertz CT molecular complexity index is 1250. The van der Waals surface area contributed by atoms with Crippen LogP contribution in [0.25, 0.3) is 16.9 Å². The minimum atomic E-state index is -0.694. The number of rotatable bonds is 4. The predicted molar refractivity (Wildman–Crippen MR) is 123 cm³/mol. The number of benzene rings is 1. The number of hydrogen-bond acceptors (Lipinski definition) is 5. The molecule has 1 aromatic carbocycles. The van der Waals surface area contributed by atoms with Crippen LogP contribution in [0.3, 0.4) is 0 Å². The molecule has 0 saturated heterocycles. The van der Waals surface area contributed by atoms with E-state index in [9.17, 15) is 9.18 Å². The van der Waals surface area contributed by atoms with Crippen molar-refractivity contribution in [3.63, 3.8) is 0 Å². The Balaban J connectivity index is 1.88. The van der Waals surface area contributed by atoms with Crippen LogP contribution in [-0.4, -0.2) is 31.3 Å². The van der Waals surface area contributed by atoms with Crippen LogP contribution in [0, 0.1) is 5.82 Å². The molecule has 0 unspecified atom stereocenters. The van der Waals surface area contributed by atoms with Crippen LogP contribution >= 0.6 is 15.9 Å². The summed E-state index contributed by atoms with van der Waals surface area (Å²) in [6.07, 6.45) is 4.43. The van der Waals surface area contributed by atoms with E-state index >= 15 is 0 Å². The Kier molecular flexibility index (Phi) is 5.92. The van der Waals surface area contributed by atoms with Gasteiger partial charge in [0.15, 0.2) is 5.65 Å². The van der Waals surface area contributed by atoms with Gasteiger partial charge in [-0.2, -0.15) is 9.61 Å². The number of carbonyl (C=O) groups is 1. The molecule has 4 aromatic rings. The summed E-state index contributed by atoms with van der Waals surface area (Å²) in [5.41, 5.74) is 1.91. The molecule has 0 radical (unpaired) electrons. The molecule has 1 amide bonds. The van der Waals surface area contributed by atoms with E-state index in [1.165, 1.54) is 17.0 Å². The highest BCUT2D eigenvalue weighted by atomic mass is 79.9. The lowest BCUT2D eigenvalue weighted by Crippen LogP contribution is -2.37. The Morgan fingerprint density at radius 2 is 1.94 bits per heavy atom. The van der Waals surface area contributed by atoms with Crippen LogP contribution in [0.2, 0.25) is 0 Å². The normalized spacial score (nSPS) is 11.5. The van der Waals surface area contributed by atoms with Gasteiger partial charge in [-0.25, -0.2) is 14.2 Å². The van der Waals surface area contributed by atoms with Gasteiger partial charge in [0, 0.05) is 24.0 Å². The van der Waals surface area contributed by atoms with Gasteiger partial charge in [-0.15, -0.1) is 0 Å². The van der Waals surface area contributed by atoms with Gasteiger partial charge in [-0.05, 0) is 72.6 Å². The summed E-state index contributed by atoms with van der Waals surface area (Å²) in [4.78, 5) is 23.6. The average molecular weight is 498 g/mol. The number of aromatic nitrogens is 4. The quantitative estimate of drug-likeness (QED) is 0.365.